The van der Waals surface area contributed by atoms with Gasteiger partial charge in [-0.1, -0.05) is 6.92 Å². The van der Waals surface area contributed by atoms with Crippen LogP contribution in [0.3, 0.4) is 0 Å². The molecular formula is C9H19N3O2. The van der Waals surface area contributed by atoms with E-state index < -0.39 is 17.4 Å². The number of primary amides is 1. The minimum absolute atomic E-state index is 0.217. The molecule has 0 aliphatic carbocycles. The lowest BCUT2D eigenvalue weighted by Gasteiger charge is -2.21. The lowest BCUT2D eigenvalue weighted by molar-refractivity contribution is -0.127. The van der Waals surface area contributed by atoms with Gasteiger partial charge in [-0.05, 0) is 20.3 Å². The zero-order chi connectivity index (χ0) is 11.4. The summed E-state index contributed by atoms with van der Waals surface area (Å²) in [5.41, 5.74) is 9.90. The minimum Gasteiger partial charge on any atom is -0.369 e. The van der Waals surface area contributed by atoms with Crippen LogP contribution in [0.5, 0.6) is 0 Å². The highest BCUT2D eigenvalue weighted by atomic mass is 16.2. The van der Waals surface area contributed by atoms with E-state index >= 15 is 0 Å². The Labute approximate surface area is 84.2 Å². The summed E-state index contributed by atoms with van der Waals surface area (Å²) < 4.78 is 0. The van der Waals surface area contributed by atoms with E-state index in [-0.39, 0.29) is 12.5 Å². The summed E-state index contributed by atoms with van der Waals surface area (Å²) in [4.78, 5) is 22.2. The Morgan fingerprint density at radius 1 is 1.43 bits per heavy atom. The van der Waals surface area contributed by atoms with Crippen molar-refractivity contribution in [2.75, 3.05) is 6.54 Å². The number of carbonyl (C=O) groups excluding carboxylic acids is 2. The Hall–Kier alpha value is -1.10. The largest absolute Gasteiger partial charge is 0.369 e. The topological polar surface area (TPSA) is 98.2 Å². The second-order valence-corrected chi connectivity index (χ2v) is 3.98. The molecule has 0 aliphatic heterocycles. The van der Waals surface area contributed by atoms with Gasteiger partial charge >= 0.3 is 0 Å². The number of nitrogens with one attached hydrogen (secondary N) is 1. The van der Waals surface area contributed by atoms with E-state index in [2.05, 4.69) is 5.32 Å². The van der Waals surface area contributed by atoms with E-state index in [4.69, 9.17) is 11.5 Å². The normalized spacial score (nSPS) is 13.4. The molecule has 0 aliphatic rings. The van der Waals surface area contributed by atoms with Crippen molar-refractivity contribution in [1.82, 2.24) is 5.32 Å². The van der Waals surface area contributed by atoms with Crippen molar-refractivity contribution in [3.8, 4) is 0 Å². The van der Waals surface area contributed by atoms with Gasteiger partial charge in [0.1, 0.15) is 0 Å². The fourth-order valence-corrected chi connectivity index (χ4v) is 0.712. The average Bonchev–Trinajstić information content (AvgIpc) is 2.12. The first kappa shape index (κ1) is 12.9. The molecule has 0 aromatic carbocycles. The number of hydrogen-bond donors (Lipinski definition) is 3. The van der Waals surface area contributed by atoms with Crippen LogP contribution in [0.25, 0.3) is 0 Å². The second kappa shape index (κ2) is 4.95. The third kappa shape index (κ3) is 3.74. The van der Waals surface area contributed by atoms with Crippen LogP contribution in [0.15, 0.2) is 0 Å². The average molecular weight is 201 g/mol. The Balaban J connectivity index is 4.06. The highest BCUT2D eigenvalue weighted by Gasteiger charge is 2.26. The molecule has 1 atom stereocenters. The van der Waals surface area contributed by atoms with E-state index in [0.717, 1.165) is 0 Å². The smallest absolute Gasteiger partial charge is 0.236 e. The Morgan fingerprint density at radius 2 is 1.93 bits per heavy atom. The summed E-state index contributed by atoms with van der Waals surface area (Å²) in [6.07, 6.45) is 0.572. The van der Waals surface area contributed by atoms with Crippen LogP contribution in [-0.2, 0) is 9.59 Å². The zero-order valence-electron chi connectivity index (χ0n) is 8.96. The zero-order valence-corrected chi connectivity index (χ0v) is 8.96. The van der Waals surface area contributed by atoms with E-state index in [0.29, 0.717) is 6.42 Å². The maximum absolute atomic E-state index is 11.3. The molecule has 5 N–H and O–H groups in total. The molecule has 0 heterocycles. The summed E-state index contributed by atoms with van der Waals surface area (Å²) >= 11 is 0. The van der Waals surface area contributed by atoms with E-state index in [1.54, 1.807) is 13.8 Å². The molecule has 14 heavy (non-hydrogen) atoms. The molecule has 0 bridgehead atoms. The third-order valence-corrected chi connectivity index (χ3v) is 2.15. The van der Waals surface area contributed by atoms with Crippen LogP contribution in [-0.4, -0.2) is 24.4 Å². The van der Waals surface area contributed by atoms with Gasteiger partial charge in [0.2, 0.25) is 11.8 Å². The van der Waals surface area contributed by atoms with Crippen molar-refractivity contribution in [1.29, 1.82) is 0 Å². The van der Waals surface area contributed by atoms with Gasteiger partial charge in [0.05, 0.1) is 11.5 Å². The molecule has 0 rings (SSSR count). The summed E-state index contributed by atoms with van der Waals surface area (Å²) in [6, 6.07) is -0.515. The molecule has 5 nitrogen and oxygen atoms in total. The maximum atomic E-state index is 11.3. The summed E-state index contributed by atoms with van der Waals surface area (Å²) in [5.74, 6) is -0.690. The van der Waals surface area contributed by atoms with Crippen molar-refractivity contribution in [3.63, 3.8) is 0 Å². The van der Waals surface area contributed by atoms with Crippen molar-refractivity contribution >= 4 is 11.8 Å². The molecule has 1 unspecified atom stereocenters. The van der Waals surface area contributed by atoms with E-state index in [1.807, 2.05) is 6.92 Å². The molecule has 82 valence electrons. The SMILES string of the molecule is CCC(N)C(=O)NCC(C)(C)C(N)=O. The van der Waals surface area contributed by atoms with Crippen LogP contribution in [0, 0.1) is 5.41 Å². The quantitative estimate of drug-likeness (QED) is 0.551. The van der Waals surface area contributed by atoms with Gasteiger partial charge < -0.3 is 16.8 Å². The van der Waals surface area contributed by atoms with E-state index in [1.165, 1.54) is 0 Å². The molecule has 0 spiro atoms. The highest BCUT2D eigenvalue weighted by Crippen LogP contribution is 2.11. The van der Waals surface area contributed by atoms with Crippen LogP contribution < -0.4 is 16.8 Å². The lowest BCUT2D eigenvalue weighted by atomic mass is 9.92. The van der Waals surface area contributed by atoms with Gasteiger partial charge in [-0.25, -0.2) is 0 Å². The fourth-order valence-electron chi connectivity index (χ4n) is 0.712. The summed E-state index contributed by atoms with van der Waals surface area (Å²) in [5, 5.41) is 2.59. The van der Waals surface area contributed by atoms with Crippen LogP contribution in [0.2, 0.25) is 0 Å². The Kier molecular flexibility index (Phi) is 4.56. The van der Waals surface area contributed by atoms with Crippen molar-refractivity contribution in [2.24, 2.45) is 16.9 Å². The Bertz CT molecular complexity index is 226. The standard InChI is InChI=1S/C9H19N3O2/c1-4-6(10)7(13)12-5-9(2,3)8(11)14/h6H,4-5,10H2,1-3H3,(H2,11,14)(H,12,13). The third-order valence-electron chi connectivity index (χ3n) is 2.15. The number of hydrogen-bond acceptors (Lipinski definition) is 3. The van der Waals surface area contributed by atoms with Gasteiger partial charge in [-0.15, -0.1) is 0 Å². The molecule has 0 radical (unpaired) electrons. The van der Waals surface area contributed by atoms with E-state index in [9.17, 15) is 9.59 Å². The van der Waals surface area contributed by atoms with Crippen LogP contribution >= 0.6 is 0 Å². The van der Waals surface area contributed by atoms with Crippen molar-refractivity contribution in [3.05, 3.63) is 0 Å². The monoisotopic (exact) mass is 201 g/mol. The van der Waals surface area contributed by atoms with Crippen molar-refractivity contribution in [2.45, 2.75) is 33.2 Å². The van der Waals surface area contributed by atoms with Gasteiger partial charge in [-0.3, -0.25) is 9.59 Å². The summed E-state index contributed by atoms with van der Waals surface area (Å²) in [7, 11) is 0. The Morgan fingerprint density at radius 3 is 2.29 bits per heavy atom. The lowest BCUT2D eigenvalue weighted by Crippen LogP contribution is -2.47. The molecule has 0 saturated heterocycles. The first-order chi connectivity index (χ1) is 6.31. The molecule has 2 amide bonds. The number of carbonyl (C=O) groups is 2. The molecule has 0 fully saturated rings. The first-order valence-corrected chi connectivity index (χ1v) is 4.64. The van der Waals surface area contributed by atoms with Gasteiger partial charge in [0, 0.05) is 6.54 Å². The fraction of sp³-hybridized carbons (Fsp3) is 0.778. The molecule has 0 aromatic heterocycles. The molecular weight excluding hydrogens is 182 g/mol. The summed E-state index contributed by atoms with van der Waals surface area (Å²) in [6.45, 7) is 5.39. The predicted octanol–water partition coefficient (Wildman–Crippen LogP) is -0.649. The highest BCUT2D eigenvalue weighted by molar-refractivity contribution is 5.84. The van der Waals surface area contributed by atoms with Crippen molar-refractivity contribution < 1.29 is 9.59 Å². The van der Waals surface area contributed by atoms with Crippen LogP contribution in [0.1, 0.15) is 27.2 Å². The number of rotatable bonds is 5. The molecule has 0 saturated carbocycles. The predicted molar refractivity (Wildman–Crippen MR) is 54.3 cm³/mol. The molecule has 5 heteroatoms. The first-order valence-electron chi connectivity index (χ1n) is 4.64. The van der Waals surface area contributed by atoms with Gasteiger partial charge in [0.15, 0.2) is 0 Å². The number of nitrogens with two attached hydrogens (primary N) is 2. The minimum atomic E-state index is -0.733. The van der Waals surface area contributed by atoms with Gasteiger partial charge in [-0.2, -0.15) is 0 Å². The second-order valence-electron chi connectivity index (χ2n) is 3.98. The maximum Gasteiger partial charge on any atom is 0.236 e. The number of amides is 2. The van der Waals surface area contributed by atoms with Crippen LogP contribution in [0.4, 0.5) is 0 Å². The molecule has 0 aromatic rings. The van der Waals surface area contributed by atoms with Gasteiger partial charge in [0.25, 0.3) is 0 Å².